The van der Waals surface area contributed by atoms with Gasteiger partial charge in [0.1, 0.15) is 6.04 Å². The molecule has 2 aromatic carbocycles. The Hall–Kier alpha value is -4.22. The molecule has 0 aliphatic heterocycles. The number of allylic oxidation sites excluding steroid dienone is 1. The Morgan fingerprint density at radius 2 is 1.69 bits per heavy atom. The minimum absolute atomic E-state index is 0.0212. The van der Waals surface area contributed by atoms with Gasteiger partial charge in [-0.3, -0.25) is 4.79 Å². The summed E-state index contributed by atoms with van der Waals surface area (Å²) in [5.41, 5.74) is -0.521. The molecule has 0 radical (unpaired) electrons. The van der Waals surface area contributed by atoms with Crippen LogP contribution >= 0.6 is 0 Å². The summed E-state index contributed by atoms with van der Waals surface area (Å²) in [4.78, 5) is 36.4. The smallest absolute Gasteiger partial charge is 0.451 e. The van der Waals surface area contributed by atoms with Gasteiger partial charge in [-0.1, -0.05) is 30.3 Å². The third kappa shape index (κ3) is 7.95. The van der Waals surface area contributed by atoms with Crippen molar-refractivity contribution in [3.63, 3.8) is 0 Å². The monoisotopic (exact) mass is 493 g/mol. The maximum atomic E-state index is 12.8. The van der Waals surface area contributed by atoms with E-state index in [-0.39, 0.29) is 24.3 Å². The van der Waals surface area contributed by atoms with Gasteiger partial charge in [0.25, 0.3) is 5.91 Å². The number of nitrogens with zero attached hydrogens (tertiary/aromatic N) is 2. The number of amides is 1. The second kappa shape index (κ2) is 12.3. The molecule has 9 nitrogen and oxygen atoms in total. The number of carbonyl (C=O) groups is 3. The predicted molar refractivity (Wildman–Crippen MR) is 117 cm³/mol. The first kappa shape index (κ1) is 27.0. The van der Waals surface area contributed by atoms with Crippen LogP contribution in [0.4, 0.5) is 18.9 Å². The maximum Gasteiger partial charge on any atom is 0.451 e. The van der Waals surface area contributed by atoms with Gasteiger partial charge >= 0.3 is 18.1 Å². The lowest BCUT2D eigenvalue weighted by molar-refractivity contribution is -0.143. The number of ether oxygens (including phenoxy) is 2. The van der Waals surface area contributed by atoms with Crippen LogP contribution in [0, 0.1) is 0 Å². The van der Waals surface area contributed by atoms with E-state index in [1.807, 2.05) is 6.07 Å². The lowest BCUT2D eigenvalue weighted by atomic mass is 10.1. The minimum atomic E-state index is -5.24. The molecule has 2 aromatic rings. The quantitative estimate of drug-likeness (QED) is 0.234. The maximum absolute atomic E-state index is 12.8. The largest absolute Gasteiger partial charge is 0.502 e. The molecule has 0 fully saturated rings. The summed E-state index contributed by atoms with van der Waals surface area (Å²) >= 11 is 0. The van der Waals surface area contributed by atoms with E-state index in [9.17, 15) is 32.7 Å². The highest BCUT2D eigenvalue weighted by Crippen LogP contribution is 2.28. The number of esters is 2. The molecule has 12 heteroatoms. The lowest BCUT2D eigenvalue weighted by Crippen LogP contribution is -2.43. The number of hydrogen-bond donors (Lipinski definition) is 2. The number of nitrogens with one attached hydrogen (secondary N) is 1. The molecule has 0 aliphatic carbocycles. The zero-order chi connectivity index (χ0) is 26.0. The molecule has 1 amide bonds. The van der Waals surface area contributed by atoms with Crippen LogP contribution in [0.1, 0.15) is 22.8 Å². The van der Waals surface area contributed by atoms with Gasteiger partial charge in [0.2, 0.25) is 11.5 Å². The average molecular weight is 493 g/mol. The van der Waals surface area contributed by atoms with Gasteiger partial charge in [0, 0.05) is 12.0 Å². The molecule has 2 N–H and O–H groups in total. The van der Waals surface area contributed by atoms with Crippen LogP contribution in [0.3, 0.4) is 0 Å². The first-order valence-electron chi connectivity index (χ1n) is 10.2. The van der Waals surface area contributed by atoms with Crippen molar-refractivity contribution in [2.75, 3.05) is 13.7 Å². The number of hydrogen-bond acceptors (Lipinski definition) is 8. The summed E-state index contributed by atoms with van der Waals surface area (Å²) in [5, 5.41) is 18.6. The molecule has 0 aromatic heterocycles. The van der Waals surface area contributed by atoms with E-state index in [4.69, 9.17) is 4.74 Å². The van der Waals surface area contributed by atoms with Crippen molar-refractivity contribution in [3.05, 3.63) is 77.2 Å². The number of aliphatic hydroxyl groups excluding tert-OH is 1. The molecule has 186 valence electrons. The Morgan fingerprint density at radius 3 is 2.23 bits per heavy atom. The van der Waals surface area contributed by atoms with Gasteiger partial charge in [-0.05, 0) is 36.8 Å². The lowest BCUT2D eigenvalue weighted by Gasteiger charge is -2.16. The van der Waals surface area contributed by atoms with E-state index >= 15 is 0 Å². The highest BCUT2D eigenvalue weighted by molar-refractivity contribution is 5.97. The van der Waals surface area contributed by atoms with Gasteiger partial charge < -0.3 is 19.9 Å². The highest BCUT2D eigenvalue weighted by Gasteiger charge is 2.39. The van der Waals surface area contributed by atoms with Crippen molar-refractivity contribution in [1.82, 2.24) is 5.32 Å². The van der Waals surface area contributed by atoms with Crippen LogP contribution < -0.4 is 5.32 Å². The summed E-state index contributed by atoms with van der Waals surface area (Å²) in [7, 11) is 1.20. The van der Waals surface area contributed by atoms with Crippen molar-refractivity contribution in [1.29, 1.82) is 0 Å². The van der Waals surface area contributed by atoms with Crippen LogP contribution in [0.5, 0.6) is 0 Å². The van der Waals surface area contributed by atoms with E-state index in [1.54, 1.807) is 24.3 Å². The first-order chi connectivity index (χ1) is 16.6. The van der Waals surface area contributed by atoms with Gasteiger partial charge in [0.15, 0.2) is 0 Å². The molecule has 0 heterocycles. The molecule has 1 atom stereocenters. The topological polar surface area (TPSA) is 127 Å². The van der Waals surface area contributed by atoms with Gasteiger partial charge in [-0.2, -0.15) is 18.3 Å². The summed E-state index contributed by atoms with van der Waals surface area (Å²) < 4.78 is 47.6. The molecule has 35 heavy (non-hydrogen) atoms. The molecule has 0 bridgehead atoms. The second-order valence-corrected chi connectivity index (χ2v) is 6.90. The fourth-order valence-electron chi connectivity index (χ4n) is 2.73. The fraction of sp³-hybridized carbons (Fsp3) is 0.261. The zero-order valence-corrected chi connectivity index (χ0v) is 18.7. The Balaban J connectivity index is 2.18. The SMILES string of the molecule is CCOC(=O)/C(N=Nc1ccc(C(=O)NC(Cc2ccccc2)C(=O)OC)cc1)=C(\O)C(F)(F)F. The Morgan fingerprint density at radius 1 is 1.06 bits per heavy atom. The van der Waals surface area contributed by atoms with E-state index in [2.05, 4.69) is 20.3 Å². The number of rotatable bonds is 9. The van der Waals surface area contributed by atoms with Crippen molar-refractivity contribution >= 4 is 23.5 Å². The number of benzene rings is 2. The number of carbonyl (C=O) groups excluding carboxylic acids is 3. The van der Waals surface area contributed by atoms with Crippen LogP contribution in [-0.2, 0) is 25.5 Å². The summed E-state index contributed by atoms with van der Waals surface area (Å²) in [6.07, 6.45) is -5.05. The van der Waals surface area contributed by atoms with Gasteiger partial charge in [0.05, 0.1) is 19.4 Å². The van der Waals surface area contributed by atoms with Crippen LogP contribution in [0.2, 0.25) is 0 Å². The average Bonchev–Trinajstić information content (AvgIpc) is 2.83. The van der Waals surface area contributed by atoms with E-state index < -0.39 is 41.5 Å². The molecule has 0 spiro atoms. The fourth-order valence-corrected chi connectivity index (χ4v) is 2.73. The van der Waals surface area contributed by atoms with E-state index in [1.165, 1.54) is 38.3 Å². The van der Waals surface area contributed by atoms with E-state index in [0.29, 0.717) is 0 Å². The standard InChI is InChI=1S/C23H22F3N3O6/c1-3-35-22(33)18(19(30)23(24,25)26)29-28-16-11-9-15(10-12-16)20(31)27-17(21(32)34-2)13-14-7-5-4-6-8-14/h4-12,17,30H,3,13H2,1-2H3,(H,27,31)/b19-18+,29-28?. The van der Waals surface area contributed by atoms with Crippen LogP contribution in [-0.4, -0.2) is 48.9 Å². The highest BCUT2D eigenvalue weighted by atomic mass is 19.4. The second-order valence-electron chi connectivity index (χ2n) is 6.90. The molecule has 2 rings (SSSR count). The number of halogens is 3. The number of aliphatic hydroxyl groups is 1. The number of alkyl halides is 3. The molecule has 0 aliphatic rings. The van der Waals surface area contributed by atoms with Crippen molar-refractivity contribution in [2.24, 2.45) is 10.2 Å². The summed E-state index contributed by atoms with van der Waals surface area (Å²) in [5.74, 6) is -5.01. The summed E-state index contributed by atoms with van der Waals surface area (Å²) in [6.45, 7) is 1.12. The van der Waals surface area contributed by atoms with Crippen molar-refractivity contribution < 1.29 is 42.1 Å². The Labute approximate surface area is 198 Å². The third-order valence-electron chi connectivity index (χ3n) is 4.43. The van der Waals surface area contributed by atoms with Crippen molar-refractivity contribution in [2.45, 2.75) is 25.6 Å². The van der Waals surface area contributed by atoms with Crippen molar-refractivity contribution in [3.8, 4) is 0 Å². The molecule has 1 unspecified atom stereocenters. The number of methoxy groups -OCH3 is 1. The Kier molecular flexibility index (Phi) is 9.50. The predicted octanol–water partition coefficient (Wildman–Crippen LogP) is 4.18. The normalized spacial score (nSPS) is 13.1. The zero-order valence-electron chi connectivity index (χ0n) is 18.7. The minimum Gasteiger partial charge on any atom is -0.502 e. The molecule has 0 saturated heterocycles. The molecule has 0 saturated carbocycles. The Bertz CT molecular complexity index is 1100. The van der Waals surface area contributed by atoms with Crippen LogP contribution in [0.15, 0.2) is 76.3 Å². The van der Waals surface area contributed by atoms with Gasteiger partial charge in [-0.15, -0.1) is 5.11 Å². The van der Waals surface area contributed by atoms with Gasteiger partial charge in [-0.25, -0.2) is 9.59 Å². The first-order valence-corrected chi connectivity index (χ1v) is 10.2. The number of azo groups is 1. The van der Waals surface area contributed by atoms with Crippen LogP contribution in [0.25, 0.3) is 0 Å². The molecular formula is C23H22F3N3O6. The third-order valence-corrected chi connectivity index (χ3v) is 4.43. The summed E-state index contributed by atoms with van der Waals surface area (Å²) in [6, 6.07) is 13.1. The molecular weight excluding hydrogens is 471 g/mol. The van der Waals surface area contributed by atoms with E-state index in [0.717, 1.165) is 5.56 Å².